The van der Waals surface area contributed by atoms with E-state index in [1.807, 2.05) is 4.57 Å². The lowest BCUT2D eigenvalue weighted by atomic mass is 10.0. The van der Waals surface area contributed by atoms with E-state index in [0.29, 0.717) is 6.42 Å². The number of nitrogens with zero attached hydrogens (tertiary/aromatic N) is 5. The summed E-state index contributed by atoms with van der Waals surface area (Å²) >= 11 is 0. The van der Waals surface area contributed by atoms with Crippen LogP contribution >= 0.6 is 0 Å². The molecule has 5 rings (SSSR count). The Morgan fingerprint density at radius 3 is 2.56 bits per heavy atom. The van der Waals surface area contributed by atoms with Crippen LogP contribution in [0.1, 0.15) is 17.5 Å². The molecule has 36 heavy (non-hydrogen) atoms. The van der Waals surface area contributed by atoms with E-state index in [0.717, 1.165) is 62.3 Å². The van der Waals surface area contributed by atoms with Crippen molar-refractivity contribution in [2.75, 3.05) is 39.8 Å². The second-order valence-electron chi connectivity index (χ2n) is 9.26. The quantitative estimate of drug-likeness (QED) is 0.363. The van der Waals surface area contributed by atoms with Gasteiger partial charge in [0.25, 0.3) is 0 Å². The molecule has 2 aromatic carbocycles. The van der Waals surface area contributed by atoms with E-state index in [4.69, 9.17) is 4.74 Å². The fraction of sp³-hybridized carbons (Fsp3) is 0.370. The van der Waals surface area contributed by atoms with Crippen molar-refractivity contribution in [1.29, 1.82) is 0 Å². The molecule has 9 heteroatoms. The number of nitrogens with one attached hydrogen (secondary N) is 1. The largest absolute Gasteiger partial charge is 0.468 e. The number of aromatic nitrogens is 4. The third kappa shape index (κ3) is 5.47. The lowest BCUT2D eigenvalue weighted by Crippen LogP contribution is -2.53. The Kier molecular flexibility index (Phi) is 7.39. The molecule has 188 valence electrons. The number of hydrogen-bond acceptors (Lipinski definition) is 6. The number of benzene rings is 2. The van der Waals surface area contributed by atoms with Gasteiger partial charge in [0.05, 0.1) is 7.11 Å². The summed E-state index contributed by atoms with van der Waals surface area (Å²) in [6.07, 6.45) is 8.08. The number of aromatic amines is 1. The zero-order valence-corrected chi connectivity index (χ0v) is 20.4. The summed E-state index contributed by atoms with van der Waals surface area (Å²) in [5, 5.41) is 9.03. The molecule has 0 radical (unpaired) electrons. The molecule has 8 nitrogen and oxygen atoms in total. The molecule has 1 saturated heterocycles. The maximum atomic E-state index is 13.3. The van der Waals surface area contributed by atoms with Gasteiger partial charge >= 0.3 is 5.97 Å². The van der Waals surface area contributed by atoms with Crippen molar-refractivity contribution >= 4 is 16.9 Å². The van der Waals surface area contributed by atoms with Gasteiger partial charge in [0.15, 0.2) is 0 Å². The van der Waals surface area contributed by atoms with Gasteiger partial charge < -0.3 is 14.6 Å². The molecule has 0 amide bonds. The Morgan fingerprint density at radius 2 is 1.83 bits per heavy atom. The Hall–Kier alpha value is -3.56. The zero-order valence-electron chi connectivity index (χ0n) is 20.4. The molecule has 1 N–H and O–H groups in total. The normalized spacial score (nSPS) is 15.8. The Balaban J connectivity index is 1.14. The van der Waals surface area contributed by atoms with Crippen LogP contribution in [-0.4, -0.2) is 81.4 Å². The molecule has 1 atom stereocenters. The van der Waals surface area contributed by atoms with Crippen molar-refractivity contribution in [2.45, 2.75) is 25.3 Å². The molecular formula is C27H31FN6O2. The summed E-state index contributed by atoms with van der Waals surface area (Å²) in [5.74, 6) is -0.511. The summed E-state index contributed by atoms with van der Waals surface area (Å²) < 4.78 is 20.3. The first kappa shape index (κ1) is 24.1. The molecule has 3 heterocycles. The van der Waals surface area contributed by atoms with Crippen LogP contribution in [0.4, 0.5) is 4.39 Å². The van der Waals surface area contributed by atoms with Crippen molar-refractivity contribution in [3.8, 4) is 5.69 Å². The molecule has 1 aliphatic heterocycles. The van der Waals surface area contributed by atoms with E-state index < -0.39 is 0 Å². The summed E-state index contributed by atoms with van der Waals surface area (Å²) in [6, 6.07) is 12.3. The van der Waals surface area contributed by atoms with E-state index in [9.17, 15) is 9.18 Å². The summed E-state index contributed by atoms with van der Waals surface area (Å²) in [4.78, 5) is 20.5. The first-order valence-corrected chi connectivity index (χ1v) is 12.3. The lowest BCUT2D eigenvalue weighted by Gasteiger charge is -2.38. The highest BCUT2D eigenvalue weighted by molar-refractivity contribution is 5.85. The molecule has 2 aromatic heterocycles. The molecular weight excluding hydrogens is 459 g/mol. The number of piperazine rings is 1. The predicted molar refractivity (Wildman–Crippen MR) is 135 cm³/mol. The highest BCUT2D eigenvalue weighted by Crippen LogP contribution is 2.23. The third-order valence-electron chi connectivity index (χ3n) is 7.05. The van der Waals surface area contributed by atoms with Gasteiger partial charge in [-0.2, -0.15) is 0 Å². The Bertz CT molecular complexity index is 1280. The van der Waals surface area contributed by atoms with Gasteiger partial charge in [-0.15, -0.1) is 10.2 Å². The van der Waals surface area contributed by atoms with Gasteiger partial charge in [0.1, 0.15) is 24.5 Å². The number of H-pyrrole nitrogens is 1. The molecule has 0 bridgehead atoms. The molecule has 1 aliphatic rings. The van der Waals surface area contributed by atoms with Gasteiger partial charge in [0.2, 0.25) is 0 Å². The molecule has 1 fully saturated rings. The minimum absolute atomic E-state index is 0.238. The lowest BCUT2D eigenvalue weighted by molar-refractivity contribution is -0.147. The van der Waals surface area contributed by atoms with Crippen LogP contribution in [0, 0.1) is 5.82 Å². The number of ether oxygens (including phenoxy) is 1. The second kappa shape index (κ2) is 11.0. The number of hydrogen-bond donors (Lipinski definition) is 1. The Labute approximate surface area is 209 Å². The van der Waals surface area contributed by atoms with Crippen LogP contribution in [-0.2, 0) is 22.4 Å². The molecule has 0 aliphatic carbocycles. The summed E-state index contributed by atoms with van der Waals surface area (Å²) in [6.45, 7) is 4.42. The first-order chi connectivity index (χ1) is 17.6. The summed E-state index contributed by atoms with van der Waals surface area (Å²) in [7, 11) is 1.43. The fourth-order valence-corrected chi connectivity index (χ4v) is 5.00. The third-order valence-corrected chi connectivity index (χ3v) is 7.05. The van der Waals surface area contributed by atoms with Crippen LogP contribution in [0.15, 0.2) is 61.3 Å². The highest BCUT2D eigenvalue weighted by atomic mass is 19.1. The fourth-order valence-electron chi connectivity index (χ4n) is 5.00. The van der Waals surface area contributed by atoms with Crippen LogP contribution in [0.25, 0.3) is 16.6 Å². The van der Waals surface area contributed by atoms with Gasteiger partial charge in [-0.3, -0.25) is 14.3 Å². The van der Waals surface area contributed by atoms with Crippen LogP contribution < -0.4 is 0 Å². The maximum absolute atomic E-state index is 13.3. The number of halogens is 1. The molecule has 0 saturated carbocycles. The van der Waals surface area contributed by atoms with Gasteiger partial charge in [-0.05, 0) is 67.3 Å². The Morgan fingerprint density at radius 1 is 1.08 bits per heavy atom. The van der Waals surface area contributed by atoms with E-state index in [1.165, 1.54) is 30.2 Å². The van der Waals surface area contributed by atoms with Gasteiger partial charge in [-0.1, -0.05) is 12.1 Å². The molecule has 4 aromatic rings. The predicted octanol–water partition coefficient (Wildman–Crippen LogP) is 3.22. The second-order valence-corrected chi connectivity index (χ2v) is 9.26. The smallest absolute Gasteiger partial charge is 0.323 e. The van der Waals surface area contributed by atoms with Crippen LogP contribution in [0.5, 0.6) is 0 Å². The summed E-state index contributed by atoms with van der Waals surface area (Å²) in [5.41, 5.74) is 4.42. The van der Waals surface area contributed by atoms with Crippen molar-refractivity contribution in [3.05, 3.63) is 78.3 Å². The van der Waals surface area contributed by atoms with E-state index in [2.05, 4.69) is 49.4 Å². The van der Waals surface area contributed by atoms with E-state index in [1.54, 1.807) is 24.8 Å². The number of methoxy groups -OCH3 is 1. The monoisotopic (exact) mass is 490 g/mol. The van der Waals surface area contributed by atoms with E-state index >= 15 is 0 Å². The first-order valence-electron chi connectivity index (χ1n) is 12.3. The molecule has 1 unspecified atom stereocenters. The maximum Gasteiger partial charge on any atom is 0.323 e. The minimum Gasteiger partial charge on any atom is -0.468 e. The average Bonchev–Trinajstić information content (AvgIpc) is 3.59. The SMILES string of the molecule is COC(=O)C(Cc1ccc(F)cc1)N1CCN(CCCc2c[nH]c3ccc(-n4cnnc4)cc23)CC1. The number of carbonyl (C=O) groups is 1. The molecule has 0 spiro atoms. The van der Waals surface area contributed by atoms with Crippen LogP contribution in [0.3, 0.4) is 0 Å². The zero-order chi connectivity index (χ0) is 24.9. The van der Waals surface area contributed by atoms with Gasteiger partial charge in [0, 0.05) is 49.0 Å². The van der Waals surface area contributed by atoms with Crippen molar-refractivity contribution in [2.24, 2.45) is 0 Å². The standard InChI is InChI=1S/C27H31FN6O2/c1-36-27(35)26(15-20-4-6-22(28)7-5-20)33-13-11-32(12-14-33)10-2-3-21-17-29-25-9-8-23(16-24(21)25)34-18-30-31-19-34/h4-9,16-19,26,29H,2-3,10-15H2,1H3. The van der Waals surface area contributed by atoms with Crippen LogP contribution in [0.2, 0.25) is 0 Å². The number of carbonyl (C=O) groups excluding carboxylic acids is 1. The number of fused-ring (bicyclic) bond motifs is 1. The number of rotatable bonds is 9. The van der Waals surface area contributed by atoms with Gasteiger partial charge in [-0.25, -0.2) is 4.39 Å². The number of aryl methyl sites for hydroxylation is 1. The number of esters is 1. The minimum atomic E-state index is -0.353. The average molecular weight is 491 g/mol. The highest BCUT2D eigenvalue weighted by Gasteiger charge is 2.30. The van der Waals surface area contributed by atoms with Crippen molar-refractivity contribution in [1.82, 2.24) is 29.5 Å². The van der Waals surface area contributed by atoms with Crippen molar-refractivity contribution in [3.63, 3.8) is 0 Å². The van der Waals surface area contributed by atoms with E-state index in [-0.39, 0.29) is 17.8 Å². The van der Waals surface area contributed by atoms with Crippen molar-refractivity contribution < 1.29 is 13.9 Å². The topological polar surface area (TPSA) is 79.3 Å².